The summed E-state index contributed by atoms with van der Waals surface area (Å²) < 4.78 is 5.46. The Kier molecular flexibility index (Phi) is 6.66. The van der Waals surface area contributed by atoms with Crippen molar-refractivity contribution < 1.29 is 4.74 Å². The van der Waals surface area contributed by atoms with Gasteiger partial charge in [0.1, 0.15) is 11.6 Å². The first-order chi connectivity index (χ1) is 15.7. The predicted molar refractivity (Wildman–Crippen MR) is 131 cm³/mol. The molecule has 0 spiro atoms. The highest BCUT2D eigenvalue weighted by molar-refractivity contribution is 5.70. The van der Waals surface area contributed by atoms with Crippen LogP contribution in [0, 0.1) is 11.8 Å². The Balaban J connectivity index is 1.42. The van der Waals surface area contributed by atoms with Crippen molar-refractivity contribution in [3.05, 3.63) is 35.2 Å². The van der Waals surface area contributed by atoms with Gasteiger partial charge >= 0.3 is 0 Å². The van der Waals surface area contributed by atoms with Crippen LogP contribution in [-0.2, 0) is 19.3 Å². The van der Waals surface area contributed by atoms with E-state index in [0.717, 1.165) is 54.1 Å². The quantitative estimate of drug-likeness (QED) is 0.524. The smallest absolute Gasteiger partial charge is 0.148 e. The number of anilines is 1. The summed E-state index contributed by atoms with van der Waals surface area (Å²) in [5, 5.41) is 3.83. The fourth-order valence-electron chi connectivity index (χ4n) is 6.24. The van der Waals surface area contributed by atoms with Gasteiger partial charge in [0.05, 0.1) is 24.2 Å². The van der Waals surface area contributed by atoms with E-state index in [9.17, 15) is 0 Å². The van der Waals surface area contributed by atoms with E-state index >= 15 is 0 Å². The fraction of sp³-hybridized carbons (Fsp3) is 0.643. The van der Waals surface area contributed by atoms with Crippen molar-refractivity contribution in [3.8, 4) is 17.0 Å². The third-order valence-corrected chi connectivity index (χ3v) is 7.99. The molecule has 5 rings (SSSR count). The fourth-order valence-corrected chi connectivity index (χ4v) is 6.24. The minimum atomic E-state index is 0.452. The molecule has 1 aromatic heterocycles. The lowest BCUT2D eigenvalue weighted by Gasteiger charge is -2.27. The summed E-state index contributed by atoms with van der Waals surface area (Å²) in [5.74, 6) is 3.63. The first-order valence-electron chi connectivity index (χ1n) is 13.0. The Labute approximate surface area is 193 Å². The number of aromatic nitrogens is 2. The van der Waals surface area contributed by atoms with Crippen molar-refractivity contribution in [1.82, 2.24) is 9.97 Å². The van der Waals surface area contributed by atoms with Gasteiger partial charge in [-0.15, -0.1) is 0 Å². The topological polar surface area (TPSA) is 47.0 Å². The molecule has 1 unspecified atom stereocenters. The third kappa shape index (κ3) is 4.79. The van der Waals surface area contributed by atoms with Gasteiger partial charge in [-0.25, -0.2) is 9.97 Å². The van der Waals surface area contributed by atoms with Crippen LogP contribution in [0.1, 0.15) is 88.1 Å². The van der Waals surface area contributed by atoms with Crippen molar-refractivity contribution in [2.45, 2.75) is 96.4 Å². The zero-order chi connectivity index (χ0) is 21.9. The number of ether oxygens (including phenoxy) is 1. The highest BCUT2D eigenvalue weighted by Gasteiger charge is 2.26. The van der Waals surface area contributed by atoms with Crippen LogP contribution in [0.25, 0.3) is 11.3 Å². The zero-order valence-electron chi connectivity index (χ0n) is 20.0. The molecule has 0 bridgehead atoms. The average molecular weight is 434 g/mol. The van der Waals surface area contributed by atoms with Gasteiger partial charge in [-0.3, -0.25) is 0 Å². The molecule has 32 heavy (non-hydrogen) atoms. The second kappa shape index (κ2) is 9.80. The monoisotopic (exact) mass is 433 g/mol. The summed E-state index contributed by atoms with van der Waals surface area (Å²) in [6.45, 7) is 2.34. The molecular weight excluding hydrogens is 394 g/mol. The molecular formula is C28H39N3O. The van der Waals surface area contributed by atoms with E-state index in [0.29, 0.717) is 6.04 Å². The van der Waals surface area contributed by atoms with E-state index in [-0.39, 0.29) is 0 Å². The van der Waals surface area contributed by atoms with E-state index in [4.69, 9.17) is 14.7 Å². The first kappa shape index (κ1) is 21.7. The molecule has 2 saturated carbocycles. The number of aryl methyl sites for hydroxylation is 2. The molecule has 172 valence electrons. The standard InChI is InChI=1S/C28H39N3O/c1-19(16-20-8-4-3-5-9-20)29-28-26(17-21-10-6-7-11-21)30-27-24-14-13-23(32-2)18-22(24)12-15-25(27)31-28/h13-14,18-21H,3-12,15-17H2,1-2H3,(H,29,31). The molecule has 4 nitrogen and oxygen atoms in total. The maximum Gasteiger partial charge on any atom is 0.148 e. The van der Waals surface area contributed by atoms with Crippen LogP contribution in [0.4, 0.5) is 5.82 Å². The highest BCUT2D eigenvalue weighted by Crippen LogP contribution is 2.37. The minimum Gasteiger partial charge on any atom is -0.497 e. The maximum absolute atomic E-state index is 5.46. The molecule has 1 aromatic carbocycles. The number of nitrogens with zero attached hydrogens (tertiary/aromatic N) is 2. The van der Waals surface area contributed by atoms with Gasteiger partial charge in [0, 0.05) is 11.6 Å². The number of hydrogen-bond donors (Lipinski definition) is 1. The second-order valence-corrected chi connectivity index (χ2v) is 10.5. The van der Waals surface area contributed by atoms with Crippen LogP contribution < -0.4 is 10.1 Å². The largest absolute Gasteiger partial charge is 0.497 e. The van der Waals surface area contributed by atoms with E-state index in [1.165, 1.54) is 81.0 Å². The maximum atomic E-state index is 5.46. The Morgan fingerprint density at radius 3 is 2.50 bits per heavy atom. The van der Waals surface area contributed by atoms with Gasteiger partial charge in [-0.1, -0.05) is 57.8 Å². The minimum absolute atomic E-state index is 0.452. The van der Waals surface area contributed by atoms with Crippen LogP contribution in [-0.4, -0.2) is 23.1 Å². The van der Waals surface area contributed by atoms with E-state index in [1.54, 1.807) is 7.11 Å². The molecule has 0 aliphatic heterocycles. The van der Waals surface area contributed by atoms with Crippen LogP contribution in [0.15, 0.2) is 18.2 Å². The molecule has 1 N–H and O–H groups in total. The molecule has 3 aliphatic rings. The van der Waals surface area contributed by atoms with Crippen molar-refractivity contribution in [2.75, 3.05) is 12.4 Å². The number of fused-ring (bicyclic) bond motifs is 3. The molecule has 4 heteroatoms. The SMILES string of the molecule is COc1ccc2c(c1)CCc1nc(NC(C)CC3CCCCC3)c(CC3CCCC3)nc1-2. The summed E-state index contributed by atoms with van der Waals surface area (Å²) in [7, 11) is 1.74. The molecule has 1 atom stereocenters. The lowest BCUT2D eigenvalue weighted by atomic mass is 9.85. The molecule has 0 saturated heterocycles. The Morgan fingerprint density at radius 1 is 0.969 bits per heavy atom. The molecule has 0 radical (unpaired) electrons. The van der Waals surface area contributed by atoms with Crippen molar-refractivity contribution in [2.24, 2.45) is 11.8 Å². The summed E-state index contributed by atoms with van der Waals surface area (Å²) >= 11 is 0. The van der Waals surface area contributed by atoms with Gasteiger partial charge in [-0.05, 0) is 68.2 Å². The van der Waals surface area contributed by atoms with Gasteiger partial charge in [0.2, 0.25) is 0 Å². The number of nitrogens with one attached hydrogen (secondary N) is 1. The summed E-state index contributed by atoms with van der Waals surface area (Å²) in [6, 6.07) is 6.87. The highest BCUT2D eigenvalue weighted by atomic mass is 16.5. The normalized spacial score (nSPS) is 19.9. The van der Waals surface area contributed by atoms with Gasteiger partial charge in [0.15, 0.2) is 0 Å². The molecule has 1 heterocycles. The van der Waals surface area contributed by atoms with Gasteiger partial charge in [-0.2, -0.15) is 0 Å². The van der Waals surface area contributed by atoms with E-state index < -0.39 is 0 Å². The number of hydrogen-bond acceptors (Lipinski definition) is 4. The molecule has 2 aromatic rings. The number of rotatable bonds is 7. The first-order valence-corrected chi connectivity index (χ1v) is 13.0. The number of benzene rings is 1. The lowest BCUT2D eigenvalue weighted by Crippen LogP contribution is -2.24. The predicted octanol–water partition coefficient (Wildman–Crippen LogP) is 6.75. The van der Waals surface area contributed by atoms with Crippen molar-refractivity contribution in [1.29, 1.82) is 0 Å². The molecule has 0 amide bonds. The van der Waals surface area contributed by atoms with Crippen LogP contribution in [0.2, 0.25) is 0 Å². The van der Waals surface area contributed by atoms with Crippen molar-refractivity contribution >= 4 is 5.82 Å². The zero-order valence-corrected chi connectivity index (χ0v) is 20.0. The van der Waals surface area contributed by atoms with Crippen LogP contribution >= 0.6 is 0 Å². The lowest BCUT2D eigenvalue weighted by molar-refractivity contribution is 0.328. The summed E-state index contributed by atoms with van der Waals surface area (Å²) in [6.07, 6.45) is 16.7. The van der Waals surface area contributed by atoms with Crippen LogP contribution in [0.3, 0.4) is 0 Å². The Bertz CT molecular complexity index is 929. The van der Waals surface area contributed by atoms with E-state index in [1.807, 2.05) is 0 Å². The second-order valence-electron chi connectivity index (χ2n) is 10.5. The summed E-state index contributed by atoms with van der Waals surface area (Å²) in [4.78, 5) is 10.5. The third-order valence-electron chi connectivity index (χ3n) is 7.99. The summed E-state index contributed by atoms with van der Waals surface area (Å²) in [5.41, 5.74) is 6.03. The number of methoxy groups -OCH3 is 1. The average Bonchev–Trinajstić information content (AvgIpc) is 3.33. The van der Waals surface area contributed by atoms with E-state index in [2.05, 4.69) is 30.4 Å². The van der Waals surface area contributed by atoms with Gasteiger partial charge in [0.25, 0.3) is 0 Å². The van der Waals surface area contributed by atoms with Crippen molar-refractivity contribution in [3.63, 3.8) is 0 Å². The molecule has 2 fully saturated rings. The van der Waals surface area contributed by atoms with Gasteiger partial charge < -0.3 is 10.1 Å². The van der Waals surface area contributed by atoms with Crippen LogP contribution in [0.5, 0.6) is 5.75 Å². The Morgan fingerprint density at radius 2 is 1.72 bits per heavy atom. The molecule has 3 aliphatic carbocycles. The Hall–Kier alpha value is -2.10.